The van der Waals surface area contributed by atoms with E-state index in [0.717, 1.165) is 12.8 Å². The summed E-state index contributed by atoms with van der Waals surface area (Å²) in [6.07, 6.45) is 3.81. The van der Waals surface area contributed by atoms with Crippen molar-refractivity contribution in [1.29, 1.82) is 0 Å². The molecule has 0 aromatic carbocycles. The molecule has 18 heavy (non-hydrogen) atoms. The first-order valence-electron chi connectivity index (χ1n) is 6.77. The molecule has 4 atom stereocenters. The third-order valence-corrected chi connectivity index (χ3v) is 4.83. The van der Waals surface area contributed by atoms with Gasteiger partial charge >= 0.3 is 0 Å². The van der Waals surface area contributed by atoms with E-state index in [1.165, 1.54) is 0 Å². The Balaban J connectivity index is 2.77. The van der Waals surface area contributed by atoms with Gasteiger partial charge in [0.25, 0.3) is 0 Å². The zero-order chi connectivity index (χ0) is 13.9. The molecule has 0 aromatic heterocycles. The Morgan fingerprint density at radius 3 is 2.44 bits per heavy atom. The standard InChI is InChI=1S/C13H26N2O2S/c1-6-7-11-14-12(9(2)3)13(16)15(11)8-10(4)18(5)17/h9-12,14H,6-8H2,1-5H3. The van der Waals surface area contributed by atoms with Crippen LogP contribution in [0, 0.1) is 5.92 Å². The smallest absolute Gasteiger partial charge is 0.241 e. The zero-order valence-corrected chi connectivity index (χ0v) is 12.9. The van der Waals surface area contributed by atoms with Gasteiger partial charge in [0.05, 0.1) is 12.2 Å². The van der Waals surface area contributed by atoms with Crippen molar-refractivity contribution in [3.8, 4) is 0 Å². The normalized spacial score (nSPS) is 27.9. The van der Waals surface area contributed by atoms with E-state index in [2.05, 4.69) is 26.1 Å². The third-order valence-electron chi connectivity index (χ3n) is 3.55. The lowest BCUT2D eigenvalue weighted by Crippen LogP contribution is -2.42. The number of amides is 1. The van der Waals surface area contributed by atoms with Crippen molar-refractivity contribution >= 4 is 16.7 Å². The molecule has 1 fully saturated rings. The molecule has 0 spiro atoms. The molecular formula is C13H26N2O2S. The molecule has 4 unspecified atom stereocenters. The van der Waals surface area contributed by atoms with Gasteiger partial charge in [-0.2, -0.15) is 0 Å². The number of nitrogens with zero attached hydrogens (tertiary/aromatic N) is 1. The van der Waals surface area contributed by atoms with Gasteiger partial charge in [0.2, 0.25) is 5.91 Å². The van der Waals surface area contributed by atoms with E-state index in [0.29, 0.717) is 12.5 Å². The highest BCUT2D eigenvalue weighted by Crippen LogP contribution is 2.20. The van der Waals surface area contributed by atoms with E-state index in [4.69, 9.17) is 0 Å². The Labute approximate surface area is 113 Å². The van der Waals surface area contributed by atoms with E-state index >= 15 is 0 Å². The molecule has 1 rings (SSSR count). The second-order valence-corrected chi connectivity index (χ2v) is 7.29. The Morgan fingerprint density at radius 1 is 1.39 bits per heavy atom. The quantitative estimate of drug-likeness (QED) is 0.795. The lowest BCUT2D eigenvalue weighted by molar-refractivity contribution is -0.130. The fourth-order valence-corrected chi connectivity index (χ4v) is 2.66. The van der Waals surface area contributed by atoms with Crippen LogP contribution in [0.2, 0.25) is 0 Å². The lowest BCUT2D eigenvalue weighted by atomic mass is 10.1. The van der Waals surface area contributed by atoms with E-state index in [9.17, 15) is 9.00 Å². The Kier molecular flexibility index (Phi) is 5.79. The monoisotopic (exact) mass is 274 g/mol. The molecule has 106 valence electrons. The number of nitrogens with one attached hydrogen (secondary N) is 1. The van der Waals surface area contributed by atoms with Gasteiger partial charge in [-0.05, 0) is 19.3 Å². The summed E-state index contributed by atoms with van der Waals surface area (Å²) in [5.74, 6) is 0.463. The van der Waals surface area contributed by atoms with E-state index in [1.54, 1.807) is 6.26 Å². The largest absolute Gasteiger partial charge is 0.325 e. The van der Waals surface area contributed by atoms with Crippen LogP contribution in [0.25, 0.3) is 0 Å². The minimum atomic E-state index is -0.884. The van der Waals surface area contributed by atoms with Crippen molar-refractivity contribution < 1.29 is 9.00 Å². The molecule has 0 radical (unpaired) electrons. The molecule has 4 nitrogen and oxygen atoms in total. The highest BCUT2D eigenvalue weighted by Gasteiger charge is 2.40. The summed E-state index contributed by atoms with van der Waals surface area (Å²) < 4.78 is 11.5. The molecule has 1 aliphatic rings. The molecule has 1 saturated heterocycles. The SMILES string of the molecule is CCCC1NC(C(C)C)C(=O)N1CC(C)S(C)=O. The number of hydrogen-bond acceptors (Lipinski definition) is 3. The molecule has 1 amide bonds. The first-order chi connectivity index (χ1) is 8.38. The van der Waals surface area contributed by atoms with Gasteiger partial charge < -0.3 is 4.90 Å². The summed E-state index contributed by atoms with van der Waals surface area (Å²) in [5.41, 5.74) is 0. The van der Waals surface area contributed by atoms with E-state index < -0.39 is 10.8 Å². The minimum Gasteiger partial charge on any atom is -0.325 e. The van der Waals surface area contributed by atoms with Gasteiger partial charge in [-0.3, -0.25) is 14.3 Å². The summed E-state index contributed by atoms with van der Waals surface area (Å²) >= 11 is 0. The van der Waals surface area contributed by atoms with Crippen LogP contribution in [0.1, 0.15) is 40.5 Å². The predicted octanol–water partition coefficient (Wildman–Crippen LogP) is 1.34. The highest BCUT2D eigenvalue weighted by atomic mass is 32.2. The maximum atomic E-state index is 12.4. The third kappa shape index (κ3) is 3.54. The van der Waals surface area contributed by atoms with Crippen LogP contribution in [-0.4, -0.2) is 45.3 Å². The maximum absolute atomic E-state index is 12.4. The van der Waals surface area contributed by atoms with Crippen molar-refractivity contribution in [2.24, 2.45) is 5.92 Å². The molecule has 1 aliphatic heterocycles. The fourth-order valence-electron chi connectivity index (χ4n) is 2.29. The van der Waals surface area contributed by atoms with Crippen molar-refractivity contribution in [1.82, 2.24) is 10.2 Å². The van der Waals surface area contributed by atoms with Crippen LogP contribution in [0.5, 0.6) is 0 Å². The second-order valence-electron chi connectivity index (χ2n) is 5.49. The number of rotatable bonds is 6. The lowest BCUT2D eigenvalue weighted by Gasteiger charge is -2.26. The Hall–Kier alpha value is -0.420. The van der Waals surface area contributed by atoms with Gasteiger partial charge in [-0.25, -0.2) is 0 Å². The first kappa shape index (κ1) is 15.6. The molecule has 5 heteroatoms. The maximum Gasteiger partial charge on any atom is 0.241 e. The number of carbonyl (C=O) groups is 1. The second kappa shape index (κ2) is 6.66. The summed E-state index contributed by atoms with van der Waals surface area (Å²) in [7, 11) is -0.884. The van der Waals surface area contributed by atoms with Crippen molar-refractivity contribution in [3.05, 3.63) is 0 Å². The van der Waals surface area contributed by atoms with Crippen LogP contribution < -0.4 is 5.32 Å². The molecule has 0 saturated carbocycles. The predicted molar refractivity (Wildman–Crippen MR) is 75.7 cm³/mol. The Morgan fingerprint density at radius 2 is 2.00 bits per heavy atom. The van der Waals surface area contributed by atoms with Crippen LogP contribution in [0.3, 0.4) is 0 Å². The Bertz CT molecular complexity index is 320. The van der Waals surface area contributed by atoms with Gasteiger partial charge in [0, 0.05) is 28.9 Å². The summed E-state index contributed by atoms with van der Waals surface area (Å²) in [6.45, 7) is 8.76. The molecular weight excluding hydrogens is 248 g/mol. The van der Waals surface area contributed by atoms with Crippen LogP contribution in [-0.2, 0) is 15.6 Å². The van der Waals surface area contributed by atoms with Crippen molar-refractivity contribution in [3.63, 3.8) is 0 Å². The summed E-state index contributed by atoms with van der Waals surface area (Å²) in [4.78, 5) is 14.2. The van der Waals surface area contributed by atoms with Gasteiger partial charge in [-0.1, -0.05) is 27.2 Å². The summed E-state index contributed by atoms with van der Waals surface area (Å²) in [6, 6.07) is -0.0842. The van der Waals surface area contributed by atoms with Crippen LogP contribution in [0.4, 0.5) is 0 Å². The van der Waals surface area contributed by atoms with E-state index in [-0.39, 0.29) is 23.4 Å². The fraction of sp³-hybridized carbons (Fsp3) is 0.923. The average Bonchev–Trinajstić information content (AvgIpc) is 2.58. The highest BCUT2D eigenvalue weighted by molar-refractivity contribution is 7.84. The van der Waals surface area contributed by atoms with Gasteiger partial charge in [0.1, 0.15) is 0 Å². The van der Waals surface area contributed by atoms with Gasteiger partial charge in [0.15, 0.2) is 0 Å². The van der Waals surface area contributed by atoms with Crippen molar-refractivity contribution in [2.75, 3.05) is 12.8 Å². The van der Waals surface area contributed by atoms with Crippen molar-refractivity contribution in [2.45, 2.75) is 58.0 Å². The first-order valence-corrected chi connectivity index (χ1v) is 8.39. The molecule has 0 aromatic rings. The summed E-state index contributed by atoms with van der Waals surface area (Å²) in [5, 5.41) is 3.44. The van der Waals surface area contributed by atoms with Crippen LogP contribution >= 0.6 is 0 Å². The molecule has 0 aliphatic carbocycles. The number of hydrogen-bond donors (Lipinski definition) is 1. The average molecular weight is 274 g/mol. The van der Waals surface area contributed by atoms with Gasteiger partial charge in [-0.15, -0.1) is 0 Å². The molecule has 1 heterocycles. The topological polar surface area (TPSA) is 49.4 Å². The minimum absolute atomic E-state index is 0.0287. The molecule has 0 bridgehead atoms. The number of carbonyl (C=O) groups excluding carboxylic acids is 1. The van der Waals surface area contributed by atoms with Crippen LogP contribution in [0.15, 0.2) is 0 Å². The van der Waals surface area contributed by atoms with E-state index in [1.807, 2.05) is 11.8 Å². The molecule has 1 N–H and O–H groups in total. The zero-order valence-electron chi connectivity index (χ0n) is 12.1.